The first-order chi connectivity index (χ1) is 6.72. The minimum absolute atomic E-state index is 0.0489. The summed E-state index contributed by atoms with van der Waals surface area (Å²) >= 11 is 1.50. The van der Waals surface area contributed by atoms with Gasteiger partial charge in [-0.15, -0.1) is 11.3 Å². The second kappa shape index (κ2) is 5.85. The summed E-state index contributed by atoms with van der Waals surface area (Å²) in [5.74, 6) is 0.0489. The Morgan fingerprint density at radius 2 is 2.50 bits per heavy atom. The zero-order valence-electron chi connectivity index (χ0n) is 8.16. The maximum atomic E-state index is 11.3. The zero-order chi connectivity index (χ0) is 10.4. The van der Waals surface area contributed by atoms with Crippen molar-refractivity contribution in [3.8, 4) is 0 Å². The van der Waals surface area contributed by atoms with Crippen molar-refractivity contribution >= 4 is 17.1 Å². The minimum atomic E-state index is 0.0489. The van der Waals surface area contributed by atoms with E-state index in [9.17, 15) is 4.79 Å². The number of carbonyl (C=O) groups excluding carboxylic acids is 1. The molecule has 0 saturated heterocycles. The van der Waals surface area contributed by atoms with Gasteiger partial charge >= 0.3 is 0 Å². The first-order valence-corrected chi connectivity index (χ1v) is 5.31. The lowest BCUT2D eigenvalue weighted by molar-refractivity contribution is -0.122. The molecule has 5 heteroatoms. The Kier molecular flexibility index (Phi) is 4.72. The molecule has 0 aliphatic rings. The zero-order valence-corrected chi connectivity index (χ0v) is 8.97. The van der Waals surface area contributed by atoms with Gasteiger partial charge in [-0.05, 0) is 6.92 Å². The molecule has 0 atom stereocenters. The van der Waals surface area contributed by atoms with Gasteiger partial charge in [-0.3, -0.25) is 4.79 Å². The van der Waals surface area contributed by atoms with Gasteiger partial charge in [0, 0.05) is 17.6 Å². The van der Waals surface area contributed by atoms with Crippen molar-refractivity contribution in [3.63, 3.8) is 0 Å². The fourth-order valence-electron chi connectivity index (χ4n) is 0.973. The molecular formula is C9H14N2O2S. The van der Waals surface area contributed by atoms with Crippen LogP contribution < -0.4 is 5.73 Å². The molecule has 14 heavy (non-hydrogen) atoms. The van der Waals surface area contributed by atoms with E-state index in [2.05, 4.69) is 4.98 Å². The largest absolute Gasteiger partial charge is 0.372 e. The lowest BCUT2D eigenvalue weighted by Gasteiger charge is -1.99. The summed E-state index contributed by atoms with van der Waals surface area (Å²) < 4.78 is 5.03. The van der Waals surface area contributed by atoms with Gasteiger partial charge < -0.3 is 10.5 Å². The highest BCUT2D eigenvalue weighted by atomic mass is 32.1. The first kappa shape index (κ1) is 11.3. The standard InChI is InChI=1S/C9H14N2O2S/c1-7-6-14-9(11-7)4-8(12)5-13-3-2-10/h6H,2-5,10H2,1H3. The number of rotatable bonds is 6. The number of aryl methyl sites for hydroxylation is 1. The topological polar surface area (TPSA) is 65.2 Å². The highest BCUT2D eigenvalue weighted by molar-refractivity contribution is 7.09. The summed E-state index contributed by atoms with van der Waals surface area (Å²) in [6, 6.07) is 0. The van der Waals surface area contributed by atoms with E-state index < -0.39 is 0 Å². The molecule has 0 radical (unpaired) electrons. The molecule has 0 amide bonds. The number of ether oxygens (including phenoxy) is 1. The van der Waals surface area contributed by atoms with Crippen LogP contribution in [0.4, 0.5) is 0 Å². The van der Waals surface area contributed by atoms with Crippen molar-refractivity contribution in [2.75, 3.05) is 19.8 Å². The van der Waals surface area contributed by atoms with Crippen molar-refractivity contribution < 1.29 is 9.53 Å². The van der Waals surface area contributed by atoms with Crippen LogP contribution >= 0.6 is 11.3 Å². The third-order valence-electron chi connectivity index (χ3n) is 1.54. The van der Waals surface area contributed by atoms with Gasteiger partial charge in [-0.1, -0.05) is 0 Å². The molecule has 0 bridgehead atoms. The molecule has 1 aromatic rings. The van der Waals surface area contributed by atoms with Crippen LogP contribution in [0.15, 0.2) is 5.38 Å². The predicted molar refractivity (Wildman–Crippen MR) is 55.4 cm³/mol. The van der Waals surface area contributed by atoms with Gasteiger partial charge in [0.2, 0.25) is 0 Å². The molecule has 0 saturated carbocycles. The van der Waals surface area contributed by atoms with Crippen molar-refractivity contribution in [1.29, 1.82) is 0 Å². The molecule has 0 spiro atoms. The molecule has 0 unspecified atom stereocenters. The fourth-order valence-corrected chi connectivity index (χ4v) is 1.77. The quantitative estimate of drug-likeness (QED) is 0.702. The van der Waals surface area contributed by atoms with E-state index in [0.29, 0.717) is 19.6 Å². The Morgan fingerprint density at radius 1 is 1.71 bits per heavy atom. The Labute approximate surface area is 87.1 Å². The number of nitrogens with two attached hydrogens (primary N) is 1. The number of hydrogen-bond acceptors (Lipinski definition) is 5. The molecular weight excluding hydrogens is 200 g/mol. The number of thiazole rings is 1. The van der Waals surface area contributed by atoms with Crippen molar-refractivity contribution in [3.05, 3.63) is 16.1 Å². The summed E-state index contributed by atoms with van der Waals surface area (Å²) in [6.45, 7) is 2.93. The SMILES string of the molecule is Cc1csc(CC(=O)COCCN)n1. The van der Waals surface area contributed by atoms with Gasteiger partial charge in [0.25, 0.3) is 0 Å². The van der Waals surface area contributed by atoms with E-state index in [1.807, 2.05) is 12.3 Å². The molecule has 2 N–H and O–H groups in total. The third-order valence-corrected chi connectivity index (χ3v) is 2.51. The number of Topliss-reactive ketones (excluding diaryl/α,β-unsaturated/α-hetero) is 1. The van der Waals surface area contributed by atoms with Gasteiger partial charge in [-0.2, -0.15) is 0 Å². The van der Waals surface area contributed by atoms with E-state index in [-0.39, 0.29) is 12.4 Å². The maximum Gasteiger partial charge on any atom is 0.165 e. The average Bonchev–Trinajstić information content (AvgIpc) is 2.52. The summed E-state index contributed by atoms with van der Waals surface area (Å²) in [6.07, 6.45) is 0.364. The number of aromatic nitrogens is 1. The molecule has 0 aliphatic heterocycles. The smallest absolute Gasteiger partial charge is 0.165 e. The lowest BCUT2D eigenvalue weighted by Crippen LogP contribution is -2.16. The maximum absolute atomic E-state index is 11.3. The summed E-state index contributed by atoms with van der Waals surface area (Å²) in [5.41, 5.74) is 6.18. The lowest BCUT2D eigenvalue weighted by atomic mass is 10.3. The van der Waals surface area contributed by atoms with Crippen LogP contribution in [0.3, 0.4) is 0 Å². The van der Waals surface area contributed by atoms with E-state index >= 15 is 0 Å². The van der Waals surface area contributed by atoms with Crippen LogP contribution in [-0.2, 0) is 16.0 Å². The van der Waals surface area contributed by atoms with Gasteiger partial charge in [0.15, 0.2) is 5.78 Å². The number of ketones is 1. The highest BCUT2D eigenvalue weighted by Crippen LogP contribution is 2.09. The van der Waals surface area contributed by atoms with E-state index in [1.165, 1.54) is 11.3 Å². The van der Waals surface area contributed by atoms with Crippen LogP contribution in [0.5, 0.6) is 0 Å². The highest BCUT2D eigenvalue weighted by Gasteiger charge is 2.06. The summed E-state index contributed by atoms with van der Waals surface area (Å²) in [4.78, 5) is 15.5. The Balaban J connectivity index is 2.27. The van der Waals surface area contributed by atoms with Crippen molar-refractivity contribution in [1.82, 2.24) is 4.98 Å². The molecule has 0 aliphatic carbocycles. The van der Waals surface area contributed by atoms with Gasteiger partial charge in [0.05, 0.1) is 13.0 Å². The van der Waals surface area contributed by atoms with Crippen LogP contribution in [0, 0.1) is 6.92 Å². The normalized spacial score (nSPS) is 10.4. The van der Waals surface area contributed by atoms with Gasteiger partial charge in [-0.25, -0.2) is 4.98 Å². The molecule has 0 aromatic carbocycles. The monoisotopic (exact) mass is 214 g/mol. The van der Waals surface area contributed by atoms with Crippen LogP contribution in [-0.4, -0.2) is 30.5 Å². The molecule has 78 valence electrons. The Hall–Kier alpha value is -0.780. The van der Waals surface area contributed by atoms with Crippen LogP contribution in [0.25, 0.3) is 0 Å². The van der Waals surface area contributed by atoms with Crippen LogP contribution in [0.1, 0.15) is 10.7 Å². The van der Waals surface area contributed by atoms with E-state index in [0.717, 1.165) is 10.7 Å². The molecule has 0 fully saturated rings. The van der Waals surface area contributed by atoms with E-state index in [1.54, 1.807) is 0 Å². The molecule has 1 heterocycles. The number of carbonyl (C=O) groups is 1. The molecule has 4 nitrogen and oxygen atoms in total. The van der Waals surface area contributed by atoms with Crippen LogP contribution in [0.2, 0.25) is 0 Å². The molecule has 1 rings (SSSR count). The predicted octanol–water partition coefficient (Wildman–Crippen LogP) is 0.538. The number of nitrogens with zero attached hydrogens (tertiary/aromatic N) is 1. The Bertz CT molecular complexity index is 299. The van der Waals surface area contributed by atoms with Crippen molar-refractivity contribution in [2.45, 2.75) is 13.3 Å². The minimum Gasteiger partial charge on any atom is -0.372 e. The second-order valence-electron chi connectivity index (χ2n) is 2.94. The third kappa shape index (κ3) is 3.95. The summed E-state index contributed by atoms with van der Waals surface area (Å²) in [7, 11) is 0. The first-order valence-electron chi connectivity index (χ1n) is 4.43. The average molecular weight is 214 g/mol. The summed E-state index contributed by atoms with van der Waals surface area (Å²) in [5, 5.41) is 2.78. The van der Waals surface area contributed by atoms with E-state index in [4.69, 9.17) is 10.5 Å². The number of hydrogen-bond donors (Lipinski definition) is 1. The Morgan fingerprint density at radius 3 is 3.07 bits per heavy atom. The van der Waals surface area contributed by atoms with Crippen molar-refractivity contribution in [2.24, 2.45) is 5.73 Å². The molecule has 1 aromatic heterocycles. The second-order valence-corrected chi connectivity index (χ2v) is 3.88. The fraction of sp³-hybridized carbons (Fsp3) is 0.556. The van der Waals surface area contributed by atoms with Gasteiger partial charge in [0.1, 0.15) is 11.6 Å².